The molecule has 1 aliphatic rings. The summed E-state index contributed by atoms with van der Waals surface area (Å²) < 4.78 is 13.9. The van der Waals surface area contributed by atoms with E-state index >= 15 is 0 Å². The molecule has 2 aromatic carbocycles. The Kier molecular flexibility index (Phi) is 5.04. The van der Waals surface area contributed by atoms with Crippen LogP contribution in [-0.2, 0) is 11.1 Å². The van der Waals surface area contributed by atoms with Crippen LogP contribution in [0.2, 0.25) is 0 Å². The number of rotatable bonds is 4. The zero-order valence-corrected chi connectivity index (χ0v) is 18.2. The van der Waals surface area contributed by atoms with E-state index in [2.05, 4.69) is 80.2 Å². The van der Waals surface area contributed by atoms with E-state index in [-0.39, 0.29) is 16.9 Å². The van der Waals surface area contributed by atoms with E-state index in [1.165, 1.54) is 22.9 Å². The number of aromatic nitrogens is 1. The number of benzene rings is 2. The number of H-pyrrole nitrogens is 1. The molecular formula is C25H32FN3. The highest BCUT2D eigenvalue weighted by Gasteiger charge is 2.48. The summed E-state index contributed by atoms with van der Waals surface area (Å²) in [7, 11) is 8.76. The number of halogens is 1. The molecule has 1 fully saturated rings. The van der Waals surface area contributed by atoms with Gasteiger partial charge in [-0.1, -0.05) is 30.3 Å². The van der Waals surface area contributed by atoms with Gasteiger partial charge in [0.1, 0.15) is 5.82 Å². The summed E-state index contributed by atoms with van der Waals surface area (Å²) in [5.74, 6) is -0.176. The van der Waals surface area contributed by atoms with Crippen molar-refractivity contribution in [3.63, 3.8) is 0 Å². The minimum absolute atomic E-state index is 0.0484. The maximum Gasteiger partial charge on any atom is 0.123 e. The molecular weight excluding hydrogens is 361 g/mol. The van der Waals surface area contributed by atoms with Crippen LogP contribution in [0.4, 0.5) is 4.39 Å². The van der Waals surface area contributed by atoms with Gasteiger partial charge in [-0.15, -0.1) is 0 Å². The van der Waals surface area contributed by atoms with Gasteiger partial charge in [-0.2, -0.15) is 0 Å². The average Bonchev–Trinajstić information content (AvgIpc) is 3.04. The van der Waals surface area contributed by atoms with E-state index in [9.17, 15) is 4.39 Å². The molecule has 0 radical (unpaired) electrons. The predicted octanol–water partition coefficient (Wildman–Crippen LogP) is 5.40. The Hall–Kier alpha value is -2.17. The molecule has 0 amide bonds. The van der Waals surface area contributed by atoms with Crippen molar-refractivity contribution < 1.29 is 4.39 Å². The number of aromatic amines is 1. The molecule has 0 aliphatic heterocycles. The van der Waals surface area contributed by atoms with Crippen molar-refractivity contribution in [3.05, 3.63) is 71.2 Å². The van der Waals surface area contributed by atoms with Crippen LogP contribution in [0.3, 0.4) is 0 Å². The lowest BCUT2D eigenvalue weighted by atomic mass is 9.66. The Morgan fingerprint density at radius 2 is 1.41 bits per heavy atom. The van der Waals surface area contributed by atoms with Gasteiger partial charge in [0, 0.05) is 22.1 Å². The molecule has 3 aromatic rings. The molecule has 1 N–H and O–H groups in total. The SMILES string of the molecule is Cc1c(C2(N(C)C)CCC(c3ccccc3)(N(C)C)CC2)[nH]c2ccc(F)cc12. The fraction of sp³-hybridized carbons (Fsp3) is 0.440. The Morgan fingerprint density at radius 3 is 2.00 bits per heavy atom. The van der Waals surface area contributed by atoms with Gasteiger partial charge in [0.05, 0.1) is 5.54 Å². The van der Waals surface area contributed by atoms with E-state index in [1.807, 2.05) is 6.07 Å². The maximum absolute atomic E-state index is 13.9. The molecule has 0 atom stereocenters. The van der Waals surface area contributed by atoms with E-state index in [4.69, 9.17) is 0 Å². The second kappa shape index (κ2) is 7.26. The van der Waals surface area contributed by atoms with Crippen LogP contribution in [0.15, 0.2) is 48.5 Å². The van der Waals surface area contributed by atoms with Gasteiger partial charge < -0.3 is 4.98 Å². The summed E-state index contributed by atoms with van der Waals surface area (Å²) in [6.45, 7) is 2.13. The minimum atomic E-state index is -0.176. The third kappa shape index (κ3) is 3.10. The van der Waals surface area contributed by atoms with E-state index in [0.29, 0.717) is 0 Å². The van der Waals surface area contributed by atoms with Crippen molar-refractivity contribution >= 4 is 10.9 Å². The van der Waals surface area contributed by atoms with Crippen LogP contribution in [-0.4, -0.2) is 43.0 Å². The van der Waals surface area contributed by atoms with Crippen molar-refractivity contribution in [3.8, 4) is 0 Å². The summed E-state index contributed by atoms with van der Waals surface area (Å²) in [5.41, 5.74) is 4.80. The molecule has 1 aliphatic carbocycles. The van der Waals surface area contributed by atoms with Crippen LogP contribution in [0.1, 0.15) is 42.5 Å². The zero-order valence-electron chi connectivity index (χ0n) is 18.2. The number of aryl methyl sites for hydroxylation is 1. The lowest BCUT2D eigenvalue weighted by Gasteiger charge is -2.52. The molecule has 0 saturated heterocycles. The van der Waals surface area contributed by atoms with Crippen molar-refractivity contribution in [2.45, 2.75) is 43.7 Å². The van der Waals surface area contributed by atoms with Crippen molar-refractivity contribution in [2.75, 3.05) is 28.2 Å². The first kappa shape index (κ1) is 20.1. The van der Waals surface area contributed by atoms with Gasteiger partial charge in [0.25, 0.3) is 0 Å². The highest BCUT2D eigenvalue weighted by atomic mass is 19.1. The van der Waals surface area contributed by atoms with Gasteiger partial charge in [0.15, 0.2) is 0 Å². The Bertz CT molecular complexity index is 996. The summed E-state index contributed by atoms with van der Waals surface area (Å²) >= 11 is 0. The lowest BCUT2D eigenvalue weighted by Crippen LogP contribution is -2.52. The maximum atomic E-state index is 13.9. The minimum Gasteiger partial charge on any atom is -0.357 e. The largest absolute Gasteiger partial charge is 0.357 e. The fourth-order valence-electron chi connectivity index (χ4n) is 5.50. The molecule has 3 nitrogen and oxygen atoms in total. The first-order valence-corrected chi connectivity index (χ1v) is 10.5. The first-order chi connectivity index (χ1) is 13.8. The lowest BCUT2D eigenvalue weighted by molar-refractivity contribution is 0.00645. The summed E-state index contributed by atoms with van der Waals surface area (Å²) in [5, 5.41) is 0.994. The van der Waals surface area contributed by atoms with Gasteiger partial charge in [-0.3, -0.25) is 9.80 Å². The molecule has 154 valence electrons. The first-order valence-electron chi connectivity index (χ1n) is 10.5. The second-order valence-electron chi connectivity index (χ2n) is 9.03. The molecule has 1 aromatic heterocycles. The van der Waals surface area contributed by atoms with Crippen molar-refractivity contribution in [1.29, 1.82) is 0 Å². The van der Waals surface area contributed by atoms with Gasteiger partial charge in [-0.25, -0.2) is 4.39 Å². The van der Waals surface area contributed by atoms with Crippen LogP contribution in [0.25, 0.3) is 10.9 Å². The topological polar surface area (TPSA) is 22.3 Å². The van der Waals surface area contributed by atoms with Crippen LogP contribution >= 0.6 is 0 Å². The smallest absolute Gasteiger partial charge is 0.123 e. The third-order valence-corrected chi connectivity index (χ3v) is 7.41. The molecule has 0 bridgehead atoms. The monoisotopic (exact) mass is 393 g/mol. The number of hydrogen-bond acceptors (Lipinski definition) is 2. The molecule has 29 heavy (non-hydrogen) atoms. The Balaban J connectivity index is 1.77. The number of nitrogens with one attached hydrogen (secondary N) is 1. The van der Waals surface area contributed by atoms with Crippen LogP contribution in [0.5, 0.6) is 0 Å². The summed E-state index contributed by atoms with van der Waals surface area (Å²) in [6, 6.07) is 16.0. The molecule has 0 unspecified atom stereocenters. The third-order valence-electron chi connectivity index (χ3n) is 7.41. The van der Waals surface area contributed by atoms with Gasteiger partial charge in [0.2, 0.25) is 0 Å². The molecule has 0 spiro atoms. The highest BCUT2D eigenvalue weighted by Crippen LogP contribution is 2.51. The molecule has 1 saturated carbocycles. The second-order valence-corrected chi connectivity index (χ2v) is 9.03. The van der Waals surface area contributed by atoms with E-state index in [1.54, 1.807) is 6.07 Å². The average molecular weight is 394 g/mol. The van der Waals surface area contributed by atoms with E-state index < -0.39 is 0 Å². The van der Waals surface area contributed by atoms with Crippen LogP contribution in [0, 0.1) is 12.7 Å². The fourth-order valence-corrected chi connectivity index (χ4v) is 5.50. The molecule has 1 heterocycles. The predicted molar refractivity (Wildman–Crippen MR) is 119 cm³/mol. The van der Waals surface area contributed by atoms with Gasteiger partial charge in [-0.05, 0) is 90.1 Å². The normalized spacial score (nSPS) is 25.2. The Labute approximate surface area is 173 Å². The standard InChI is InChI=1S/C25H32FN3/c1-18-21-17-20(26)11-12-22(21)27-23(18)25(29(4)5)15-13-24(14-16-25,28(2)3)19-9-7-6-8-10-19/h6-12,17,27H,13-16H2,1-5H3. The quantitative estimate of drug-likeness (QED) is 0.641. The number of nitrogens with zero attached hydrogens (tertiary/aromatic N) is 2. The van der Waals surface area contributed by atoms with E-state index in [0.717, 1.165) is 36.6 Å². The molecule has 4 rings (SSSR count). The highest BCUT2D eigenvalue weighted by molar-refractivity contribution is 5.84. The zero-order chi connectivity index (χ0) is 20.8. The van der Waals surface area contributed by atoms with Crippen molar-refractivity contribution in [2.24, 2.45) is 0 Å². The van der Waals surface area contributed by atoms with Gasteiger partial charge >= 0.3 is 0 Å². The number of hydrogen-bond donors (Lipinski definition) is 1. The van der Waals surface area contributed by atoms with Crippen LogP contribution < -0.4 is 0 Å². The Morgan fingerprint density at radius 1 is 0.828 bits per heavy atom. The molecule has 4 heteroatoms. The van der Waals surface area contributed by atoms with Crippen molar-refractivity contribution in [1.82, 2.24) is 14.8 Å². The summed E-state index contributed by atoms with van der Waals surface area (Å²) in [4.78, 5) is 8.42. The number of fused-ring (bicyclic) bond motifs is 1. The summed E-state index contributed by atoms with van der Waals surface area (Å²) in [6.07, 6.45) is 4.24.